The zero-order valence-corrected chi connectivity index (χ0v) is 12.0. The van der Waals surface area contributed by atoms with Gasteiger partial charge in [0.2, 0.25) is 0 Å². The van der Waals surface area contributed by atoms with Gasteiger partial charge in [-0.3, -0.25) is 5.10 Å². The summed E-state index contributed by atoms with van der Waals surface area (Å²) in [4.78, 5) is 7.88. The molecule has 3 rings (SSSR count). The van der Waals surface area contributed by atoms with Gasteiger partial charge in [0.05, 0.1) is 11.0 Å². The SMILES string of the molecule is CC(C)(C)NCc1ccc2nc(-c3ccn[nH]3)[nH]c2c1. The van der Waals surface area contributed by atoms with Gasteiger partial charge in [-0.15, -0.1) is 0 Å². The maximum Gasteiger partial charge on any atom is 0.156 e. The molecule has 0 unspecified atom stereocenters. The second-order valence-electron chi connectivity index (χ2n) is 6.01. The second-order valence-corrected chi connectivity index (χ2v) is 6.01. The number of nitrogens with zero attached hydrogens (tertiary/aromatic N) is 2. The van der Waals surface area contributed by atoms with Crippen LogP contribution in [0.4, 0.5) is 0 Å². The molecule has 2 aromatic heterocycles. The third-order valence-corrected chi connectivity index (χ3v) is 3.12. The number of nitrogens with one attached hydrogen (secondary N) is 3. The van der Waals surface area contributed by atoms with Crippen LogP contribution in [0.3, 0.4) is 0 Å². The van der Waals surface area contributed by atoms with Crippen LogP contribution in [0.2, 0.25) is 0 Å². The summed E-state index contributed by atoms with van der Waals surface area (Å²) < 4.78 is 0. The predicted molar refractivity (Wildman–Crippen MR) is 80.3 cm³/mol. The van der Waals surface area contributed by atoms with E-state index in [4.69, 9.17) is 0 Å². The van der Waals surface area contributed by atoms with Gasteiger partial charge in [-0.25, -0.2) is 4.98 Å². The highest BCUT2D eigenvalue weighted by atomic mass is 15.1. The molecular weight excluding hydrogens is 250 g/mol. The van der Waals surface area contributed by atoms with Crippen molar-refractivity contribution in [3.63, 3.8) is 0 Å². The van der Waals surface area contributed by atoms with Gasteiger partial charge in [-0.2, -0.15) is 5.10 Å². The second kappa shape index (κ2) is 4.76. The summed E-state index contributed by atoms with van der Waals surface area (Å²) in [5, 5.41) is 10.4. The Balaban J connectivity index is 1.88. The third kappa shape index (κ3) is 2.72. The minimum Gasteiger partial charge on any atom is -0.337 e. The predicted octanol–water partition coefficient (Wildman–Crippen LogP) is 2.84. The number of H-pyrrole nitrogens is 2. The van der Waals surface area contributed by atoms with Crippen LogP contribution >= 0.6 is 0 Å². The standard InChI is InChI=1S/C15H19N5/c1-15(2,3)16-9-10-4-5-11-13(8-10)19-14(18-11)12-6-7-17-20-12/h4-8,16H,9H2,1-3H3,(H,17,20)(H,18,19). The van der Waals surface area contributed by atoms with E-state index >= 15 is 0 Å². The van der Waals surface area contributed by atoms with Gasteiger partial charge in [-0.1, -0.05) is 6.07 Å². The van der Waals surface area contributed by atoms with Crippen molar-refractivity contribution in [2.45, 2.75) is 32.9 Å². The molecule has 5 heteroatoms. The molecule has 0 aliphatic rings. The van der Waals surface area contributed by atoms with Crippen LogP contribution in [0.15, 0.2) is 30.5 Å². The third-order valence-electron chi connectivity index (χ3n) is 3.12. The zero-order chi connectivity index (χ0) is 14.2. The lowest BCUT2D eigenvalue weighted by molar-refractivity contribution is 0.424. The average molecular weight is 269 g/mol. The molecule has 3 N–H and O–H groups in total. The molecule has 1 aromatic carbocycles. The fraction of sp³-hybridized carbons (Fsp3) is 0.333. The number of imidazole rings is 1. The minimum absolute atomic E-state index is 0.115. The first kappa shape index (κ1) is 12.9. The van der Waals surface area contributed by atoms with E-state index in [0.717, 1.165) is 29.1 Å². The summed E-state index contributed by atoms with van der Waals surface area (Å²) in [5.41, 5.74) is 4.27. The number of hydrogen-bond acceptors (Lipinski definition) is 3. The first-order chi connectivity index (χ1) is 9.51. The highest BCUT2D eigenvalue weighted by Crippen LogP contribution is 2.19. The van der Waals surface area contributed by atoms with Crippen molar-refractivity contribution in [1.82, 2.24) is 25.5 Å². The molecule has 0 saturated carbocycles. The van der Waals surface area contributed by atoms with Crippen LogP contribution in [0, 0.1) is 0 Å². The van der Waals surface area contributed by atoms with E-state index in [1.165, 1.54) is 5.56 Å². The first-order valence-electron chi connectivity index (χ1n) is 6.75. The Labute approximate surface area is 117 Å². The van der Waals surface area contributed by atoms with E-state index in [1.807, 2.05) is 12.1 Å². The van der Waals surface area contributed by atoms with Crippen molar-refractivity contribution in [3.05, 3.63) is 36.0 Å². The highest BCUT2D eigenvalue weighted by molar-refractivity contribution is 5.79. The normalized spacial score (nSPS) is 12.2. The van der Waals surface area contributed by atoms with Crippen molar-refractivity contribution >= 4 is 11.0 Å². The maximum absolute atomic E-state index is 4.56. The lowest BCUT2D eigenvalue weighted by atomic mass is 10.1. The lowest BCUT2D eigenvalue weighted by Crippen LogP contribution is -2.35. The fourth-order valence-corrected chi connectivity index (χ4v) is 2.05. The minimum atomic E-state index is 0.115. The van der Waals surface area contributed by atoms with Crippen LogP contribution in [0.1, 0.15) is 26.3 Å². The quantitative estimate of drug-likeness (QED) is 0.684. The van der Waals surface area contributed by atoms with Crippen LogP contribution < -0.4 is 5.32 Å². The molecule has 0 amide bonds. The Morgan fingerprint density at radius 1 is 1.20 bits per heavy atom. The van der Waals surface area contributed by atoms with E-state index < -0.39 is 0 Å². The average Bonchev–Trinajstić information content (AvgIpc) is 3.03. The van der Waals surface area contributed by atoms with E-state index in [2.05, 4.69) is 58.4 Å². The summed E-state index contributed by atoms with van der Waals surface area (Å²) in [6, 6.07) is 8.20. The zero-order valence-electron chi connectivity index (χ0n) is 12.0. The molecule has 104 valence electrons. The number of aromatic nitrogens is 4. The van der Waals surface area contributed by atoms with Crippen LogP contribution in [-0.4, -0.2) is 25.7 Å². The smallest absolute Gasteiger partial charge is 0.156 e. The number of aromatic amines is 2. The summed E-state index contributed by atoms with van der Waals surface area (Å²) >= 11 is 0. The topological polar surface area (TPSA) is 69.4 Å². The molecule has 0 fully saturated rings. The van der Waals surface area contributed by atoms with Crippen molar-refractivity contribution < 1.29 is 0 Å². The Morgan fingerprint density at radius 2 is 2.05 bits per heavy atom. The molecule has 0 aliphatic carbocycles. The number of hydrogen-bond donors (Lipinski definition) is 3. The molecule has 0 spiro atoms. The van der Waals surface area contributed by atoms with E-state index in [0.29, 0.717) is 0 Å². The van der Waals surface area contributed by atoms with Gasteiger partial charge in [-0.05, 0) is 44.5 Å². The van der Waals surface area contributed by atoms with Crippen molar-refractivity contribution in [1.29, 1.82) is 0 Å². The summed E-state index contributed by atoms with van der Waals surface area (Å²) in [7, 11) is 0. The Kier molecular flexibility index (Phi) is 3.06. The summed E-state index contributed by atoms with van der Waals surface area (Å²) in [6.45, 7) is 7.34. The molecular formula is C15H19N5. The Morgan fingerprint density at radius 3 is 2.75 bits per heavy atom. The number of rotatable bonds is 3. The molecule has 0 bridgehead atoms. The summed E-state index contributed by atoms with van der Waals surface area (Å²) in [6.07, 6.45) is 1.72. The van der Waals surface area contributed by atoms with E-state index in [9.17, 15) is 0 Å². The molecule has 3 aromatic rings. The molecule has 0 saturated heterocycles. The molecule has 2 heterocycles. The Hall–Kier alpha value is -2.14. The molecule has 0 radical (unpaired) electrons. The van der Waals surface area contributed by atoms with Crippen molar-refractivity contribution in [2.24, 2.45) is 0 Å². The van der Waals surface area contributed by atoms with Crippen LogP contribution in [0.5, 0.6) is 0 Å². The van der Waals surface area contributed by atoms with Crippen molar-refractivity contribution in [2.75, 3.05) is 0 Å². The van der Waals surface area contributed by atoms with Gasteiger partial charge < -0.3 is 10.3 Å². The van der Waals surface area contributed by atoms with E-state index in [1.54, 1.807) is 6.20 Å². The highest BCUT2D eigenvalue weighted by Gasteiger charge is 2.10. The maximum atomic E-state index is 4.56. The number of fused-ring (bicyclic) bond motifs is 1. The molecule has 5 nitrogen and oxygen atoms in total. The lowest BCUT2D eigenvalue weighted by Gasteiger charge is -2.20. The van der Waals surface area contributed by atoms with Gasteiger partial charge in [0.1, 0.15) is 5.69 Å². The van der Waals surface area contributed by atoms with Gasteiger partial charge in [0, 0.05) is 18.3 Å². The first-order valence-corrected chi connectivity index (χ1v) is 6.75. The van der Waals surface area contributed by atoms with E-state index in [-0.39, 0.29) is 5.54 Å². The van der Waals surface area contributed by atoms with Gasteiger partial charge in [0.15, 0.2) is 5.82 Å². The van der Waals surface area contributed by atoms with Crippen molar-refractivity contribution in [3.8, 4) is 11.5 Å². The molecule has 20 heavy (non-hydrogen) atoms. The molecule has 0 atom stereocenters. The summed E-state index contributed by atoms with van der Waals surface area (Å²) in [5.74, 6) is 0.818. The largest absolute Gasteiger partial charge is 0.337 e. The van der Waals surface area contributed by atoms with Crippen LogP contribution in [-0.2, 0) is 6.54 Å². The van der Waals surface area contributed by atoms with Gasteiger partial charge >= 0.3 is 0 Å². The monoisotopic (exact) mass is 269 g/mol. The number of benzene rings is 1. The Bertz CT molecular complexity index is 704. The van der Waals surface area contributed by atoms with Gasteiger partial charge in [0.25, 0.3) is 0 Å². The molecule has 0 aliphatic heterocycles. The van der Waals surface area contributed by atoms with Crippen LogP contribution in [0.25, 0.3) is 22.6 Å². The fourth-order valence-electron chi connectivity index (χ4n) is 2.05.